The second kappa shape index (κ2) is 8.52. The molecule has 0 aromatic heterocycles. The molecule has 0 radical (unpaired) electrons. The largest absolute Gasteiger partial charge is 0.494 e. The normalized spacial score (nSPS) is 16.0. The van der Waals surface area contributed by atoms with Gasteiger partial charge < -0.3 is 20.1 Å². The van der Waals surface area contributed by atoms with Gasteiger partial charge in [-0.15, -0.1) is 0 Å². The lowest BCUT2D eigenvalue weighted by molar-refractivity contribution is 0.0674. The minimum atomic E-state index is 0.622. The molecule has 1 heterocycles. The van der Waals surface area contributed by atoms with E-state index in [9.17, 15) is 0 Å². The standard InChI is InChI=1S/C16H25N3O2/c1-2-10-21-15-5-3-4-14(13-15)6-7-18-16(17)19-8-11-20-12-9-19/h3-5,13H,2,6-12H2,1H3,(H2,17,18). The number of aliphatic imine (C=N–C) groups is 1. The Morgan fingerprint density at radius 3 is 2.95 bits per heavy atom. The minimum Gasteiger partial charge on any atom is -0.494 e. The van der Waals surface area contributed by atoms with Crippen molar-refractivity contribution < 1.29 is 9.47 Å². The molecule has 5 nitrogen and oxygen atoms in total. The first-order valence-corrected chi connectivity index (χ1v) is 7.64. The van der Waals surface area contributed by atoms with Crippen LogP contribution in [0.4, 0.5) is 0 Å². The molecule has 5 heteroatoms. The number of morpholine rings is 1. The van der Waals surface area contributed by atoms with E-state index < -0.39 is 0 Å². The van der Waals surface area contributed by atoms with Gasteiger partial charge in [-0.05, 0) is 30.5 Å². The molecule has 0 aliphatic carbocycles. The van der Waals surface area contributed by atoms with Gasteiger partial charge in [0.1, 0.15) is 5.75 Å². The molecule has 1 aliphatic rings. The second-order valence-electron chi connectivity index (χ2n) is 5.09. The van der Waals surface area contributed by atoms with E-state index in [1.165, 1.54) is 5.56 Å². The second-order valence-corrected chi connectivity index (χ2v) is 5.09. The molecular weight excluding hydrogens is 266 g/mol. The van der Waals surface area contributed by atoms with Crippen LogP contribution in [-0.4, -0.2) is 50.3 Å². The van der Waals surface area contributed by atoms with Crippen molar-refractivity contribution in [3.05, 3.63) is 29.8 Å². The molecule has 0 spiro atoms. The molecule has 1 aromatic carbocycles. The Bertz CT molecular complexity index is 457. The average molecular weight is 291 g/mol. The number of hydrogen-bond acceptors (Lipinski definition) is 3. The molecule has 0 amide bonds. The van der Waals surface area contributed by atoms with E-state index in [1.54, 1.807) is 0 Å². The van der Waals surface area contributed by atoms with Crippen LogP contribution in [-0.2, 0) is 11.2 Å². The van der Waals surface area contributed by atoms with Gasteiger partial charge in [-0.3, -0.25) is 4.99 Å². The van der Waals surface area contributed by atoms with Crippen LogP contribution in [0.5, 0.6) is 5.75 Å². The molecule has 1 aliphatic heterocycles. The predicted octanol–water partition coefficient (Wildman–Crippen LogP) is 1.66. The van der Waals surface area contributed by atoms with Gasteiger partial charge in [-0.1, -0.05) is 19.1 Å². The lowest BCUT2D eigenvalue weighted by Crippen LogP contribution is -2.44. The number of rotatable bonds is 6. The van der Waals surface area contributed by atoms with Crippen molar-refractivity contribution >= 4 is 5.96 Å². The molecule has 0 unspecified atom stereocenters. The van der Waals surface area contributed by atoms with Crippen LogP contribution in [0.25, 0.3) is 0 Å². The highest BCUT2D eigenvalue weighted by molar-refractivity contribution is 5.78. The zero-order valence-corrected chi connectivity index (χ0v) is 12.8. The van der Waals surface area contributed by atoms with Crippen LogP contribution in [0, 0.1) is 0 Å². The molecule has 116 valence electrons. The first kappa shape index (κ1) is 15.6. The van der Waals surface area contributed by atoms with Crippen LogP contribution in [0.2, 0.25) is 0 Å². The lowest BCUT2D eigenvalue weighted by Gasteiger charge is -2.27. The van der Waals surface area contributed by atoms with Crippen LogP contribution in [0.3, 0.4) is 0 Å². The highest BCUT2D eigenvalue weighted by atomic mass is 16.5. The highest BCUT2D eigenvalue weighted by Gasteiger charge is 2.11. The summed E-state index contributed by atoms with van der Waals surface area (Å²) < 4.78 is 10.9. The lowest BCUT2D eigenvalue weighted by atomic mass is 10.1. The zero-order valence-electron chi connectivity index (χ0n) is 12.8. The Hall–Kier alpha value is -1.75. The van der Waals surface area contributed by atoms with Crippen molar-refractivity contribution in [3.8, 4) is 5.75 Å². The minimum absolute atomic E-state index is 0.622. The first-order chi connectivity index (χ1) is 10.3. The third-order valence-electron chi connectivity index (χ3n) is 3.38. The maximum absolute atomic E-state index is 6.00. The number of nitrogens with two attached hydrogens (primary N) is 1. The van der Waals surface area contributed by atoms with Gasteiger partial charge >= 0.3 is 0 Å². The van der Waals surface area contributed by atoms with Crippen molar-refractivity contribution in [3.63, 3.8) is 0 Å². The Morgan fingerprint density at radius 1 is 1.38 bits per heavy atom. The molecule has 1 fully saturated rings. The summed E-state index contributed by atoms with van der Waals surface area (Å²) in [6.07, 6.45) is 1.89. The van der Waals surface area contributed by atoms with E-state index in [0.29, 0.717) is 12.5 Å². The van der Waals surface area contributed by atoms with E-state index in [2.05, 4.69) is 28.9 Å². The molecule has 0 saturated carbocycles. The SMILES string of the molecule is CCCOc1cccc(CCN=C(N)N2CCOCC2)c1. The number of nitrogens with zero attached hydrogens (tertiary/aromatic N) is 2. The van der Waals surface area contributed by atoms with Crippen LogP contribution in [0.15, 0.2) is 29.3 Å². The Labute approximate surface area is 126 Å². The van der Waals surface area contributed by atoms with Gasteiger partial charge in [-0.2, -0.15) is 0 Å². The van der Waals surface area contributed by atoms with Crippen molar-refractivity contribution in [1.29, 1.82) is 0 Å². The van der Waals surface area contributed by atoms with Gasteiger partial charge in [0.25, 0.3) is 0 Å². The fourth-order valence-corrected chi connectivity index (χ4v) is 2.20. The summed E-state index contributed by atoms with van der Waals surface area (Å²) in [5, 5.41) is 0. The summed E-state index contributed by atoms with van der Waals surface area (Å²) in [5.41, 5.74) is 7.23. The summed E-state index contributed by atoms with van der Waals surface area (Å²) in [6.45, 7) is 6.67. The Morgan fingerprint density at radius 2 is 2.19 bits per heavy atom. The summed E-state index contributed by atoms with van der Waals surface area (Å²) in [5.74, 6) is 1.55. The first-order valence-electron chi connectivity index (χ1n) is 7.64. The van der Waals surface area contributed by atoms with Crippen molar-refractivity contribution in [2.75, 3.05) is 39.5 Å². The van der Waals surface area contributed by atoms with E-state index in [0.717, 1.165) is 51.5 Å². The van der Waals surface area contributed by atoms with Gasteiger partial charge in [-0.25, -0.2) is 0 Å². The zero-order chi connectivity index (χ0) is 14.9. The van der Waals surface area contributed by atoms with Crippen molar-refractivity contribution in [2.24, 2.45) is 10.7 Å². The topological polar surface area (TPSA) is 60.1 Å². The monoisotopic (exact) mass is 291 g/mol. The van der Waals surface area contributed by atoms with E-state index >= 15 is 0 Å². The summed E-state index contributed by atoms with van der Waals surface area (Å²) in [6, 6.07) is 8.19. The maximum Gasteiger partial charge on any atom is 0.191 e. The Balaban J connectivity index is 1.81. The molecule has 0 bridgehead atoms. The van der Waals surface area contributed by atoms with Gasteiger partial charge in [0.2, 0.25) is 0 Å². The van der Waals surface area contributed by atoms with Gasteiger partial charge in [0.05, 0.1) is 19.8 Å². The van der Waals surface area contributed by atoms with Crippen LogP contribution < -0.4 is 10.5 Å². The van der Waals surface area contributed by atoms with Crippen molar-refractivity contribution in [1.82, 2.24) is 4.90 Å². The van der Waals surface area contributed by atoms with E-state index in [-0.39, 0.29) is 0 Å². The van der Waals surface area contributed by atoms with E-state index in [4.69, 9.17) is 15.2 Å². The molecule has 21 heavy (non-hydrogen) atoms. The third-order valence-corrected chi connectivity index (χ3v) is 3.38. The van der Waals surface area contributed by atoms with Gasteiger partial charge in [0, 0.05) is 19.6 Å². The number of ether oxygens (including phenoxy) is 2. The summed E-state index contributed by atoms with van der Waals surface area (Å²) in [4.78, 5) is 6.53. The molecule has 2 rings (SSSR count). The maximum atomic E-state index is 6.00. The highest BCUT2D eigenvalue weighted by Crippen LogP contribution is 2.14. The average Bonchev–Trinajstić information content (AvgIpc) is 2.54. The molecular formula is C16H25N3O2. The molecule has 1 saturated heterocycles. The van der Waals surface area contributed by atoms with E-state index in [1.807, 2.05) is 12.1 Å². The van der Waals surface area contributed by atoms with Crippen LogP contribution in [0.1, 0.15) is 18.9 Å². The number of hydrogen-bond donors (Lipinski definition) is 1. The smallest absolute Gasteiger partial charge is 0.191 e. The number of guanidine groups is 1. The third kappa shape index (κ3) is 5.27. The Kier molecular flexibility index (Phi) is 6.34. The quantitative estimate of drug-likeness (QED) is 0.640. The molecule has 1 aromatic rings. The molecule has 2 N–H and O–H groups in total. The fraction of sp³-hybridized carbons (Fsp3) is 0.562. The summed E-state index contributed by atoms with van der Waals surface area (Å²) >= 11 is 0. The number of benzene rings is 1. The van der Waals surface area contributed by atoms with Crippen molar-refractivity contribution in [2.45, 2.75) is 19.8 Å². The molecule has 0 atom stereocenters. The van der Waals surface area contributed by atoms with Gasteiger partial charge in [0.15, 0.2) is 5.96 Å². The fourth-order valence-electron chi connectivity index (χ4n) is 2.20. The summed E-state index contributed by atoms with van der Waals surface area (Å²) in [7, 11) is 0. The predicted molar refractivity (Wildman–Crippen MR) is 84.8 cm³/mol. The van der Waals surface area contributed by atoms with Crippen LogP contribution >= 0.6 is 0 Å².